The van der Waals surface area contributed by atoms with Crippen LogP contribution in [0.1, 0.15) is 25.7 Å². The number of benzene rings is 1. The highest BCUT2D eigenvalue weighted by Gasteiger charge is 2.01. The van der Waals surface area contributed by atoms with Gasteiger partial charge in [-0.2, -0.15) is 0 Å². The van der Waals surface area contributed by atoms with Gasteiger partial charge in [-0.05, 0) is 31.4 Å². The molecule has 0 aliphatic carbocycles. The van der Waals surface area contributed by atoms with Crippen molar-refractivity contribution in [3.63, 3.8) is 0 Å². The smallest absolute Gasteiger partial charge is 0.142 e. The molecule has 0 atom stereocenters. The lowest BCUT2D eigenvalue weighted by atomic mass is 10.2. The zero-order valence-corrected chi connectivity index (χ0v) is 9.84. The van der Waals surface area contributed by atoms with E-state index in [0.717, 1.165) is 25.7 Å². The molecule has 0 aromatic heterocycles. The summed E-state index contributed by atoms with van der Waals surface area (Å²) in [4.78, 5) is 0. The third-order valence-electron chi connectivity index (χ3n) is 2.21. The normalized spacial score (nSPS) is 10.4. The average molecular weight is 247 g/mol. The predicted molar refractivity (Wildman–Crippen MR) is 62.5 cm³/mol. The van der Waals surface area contributed by atoms with Crippen molar-refractivity contribution in [2.45, 2.75) is 25.7 Å². The third-order valence-corrected chi connectivity index (χ3v) is 2.50. The van der Waals surface area contributed by atoms with Crippen molar-refractivity contribution >= 4 is 11.6 Å². The van der Waals surface area contributed by atoms with Crippen molar-refractivity contribution in [3.8, 4) is 5.75 Å². The average Bonchev–Trinajstić information content (AvgIpc) is 2.28. The Labute approximate surface area is 100.0 Å². The number of ether oxygens (including phenoxy) is 1. The molecule has 0 amide bonds. The minimum atomic E-state index is -0.433. The van der Waals surface area contributed by atoms with E-state index in [9.17, 15) is 4.39 Å². The lowest BCUT2D eigenvalue weighted by Gasteiger charge is -2.06. The van der Waals surface area contributed by atoms with Gasteiger partial charge in [0.25, 0.3) is 0 Å². The first-order valence-corrected chi connectivity index (χ1v) is 5.80. The molecule has 16 heavy (non-hydrogen) atoms. The Kier molecular flexibility index (Phi) is 6.19. The zero-order valence-electron chi connectivity index (χ0n) is 9.09. The van der Waals surface area contributed by atoms with E-state index in [2.05, 4.69) is 0 Å². The summed E-state index contributed by atoms with van der Waals surface area (Å²) in [6.45, 7) is 0.835. The highest BCUT2D eigenvalue weighted by Crippen LogP contribution is 2.21. The lowest BCUT2D eigenvalue weighted by Crippen LogP contribution is -1.97. The van der Waals surface area contributed by atoms with E-state index < -0.39 is 5.82 Å². The van der Waals surface area contributed by atoms with E-state index in [1.54, 1.807) is 6.07 Å². The molecule has 0 spiro atoms. The van der Waals surface area contributed by atoms with Crippen LogP contribution in [0.4, 0.5) is 4.39 Å². The number of unbranched alkanes of at least 4 members (excludes halogenated alkanes) is 3. The maximum atomic E-state index is 12.8. The topological polar surface area (TPSA) is 29.5 Å². The number of hydrogen-bond donors (Lipinski definition) is 1. The Morgan fingerprint density at radius 1 is 1.19 bits per heavy atom. The van der Waals surface area contributed by atoms with Crippen molar-refractivity contribution in [2.75, 3.05) is 13.2 Å². The number of aliphatic hydroxyl groups is 1. The summed E-state index contributed by atoms with van der Waals surface area (Å²) < 4.78 is 18.2. The molecule has 2 nitrogen and oxygen atoms in total. The number of halogens is 2. The molecular weight excluding hydrogens is 231 g/mol. The molecule has 0 saturated carbocycles. The number of aliphatic hydroxyl groups excluding tert-OH is 1. The fourth-order valence-corrected chi connectivity index (χ4v) is 1.49. The van der Waals surface area contributed by atoms with Crippen LogP contribution in [0.15, 0.2) is 18.2 Å². The van der Waals surface area contributed by atoms with Gasteiger partial charge in [0.1, 0.15) is 11.6 Å². The van der Waals surface area contributed by atoms with Crippen LogP contribution in [0, 0.1) is 5.82 Å². The minimum Gasteiger partial charge on any atom is -0.494 e. The molecule has 4 heteroatoms. The van der Waals surface area contributed by atoms with Crippen LogP contribution in [0.25, 0.3) is 0 Å². The zero-order chi connectivity index (χ0) is 11.8. The van der Waals surface area contributed by atoms with E-state index in [-0.39, 0.29) is 11.6 Å². The molecular formula is C12H16ClFO2. The standard InChI is InChI=1S/C12H16ClFO2/c13-11-9-10(5-6-12(11)14)16-8-4-2-1-3-7-15/h5-6,9,15H,1-4,7-8H2. The largest absolute Gasteiger partial charge is 0.494 e. The van der Waals surface area contributed by atoms with E-state index >= 15 is 0 Å². The van der Waals surface area contributed by atoms with Gasteiger partial charge in [-0.15, -0.1) is 0 Å². The van der Waals surface area contributed by atoms with Gasteiger partial charge >= 0.3 is 0 Å². The first-order valence-electron chi connectivity index (χ1n) is 5.43. The van der Waals surface area contributed by atoms with Gasteiger partial charge in [0.15, 0.2) is 0 Å². The maximum Gasteiger partial charge on any atom is 0.142 e. The quantitative estimate of drug-likeness (QED) is 0.747. The van der Waals surface area contributed by atoms with Crippen LogP contribution in [0.3, 0.4) is 0 Å². The van der Waals surface area contributed by atoms with Crippen LogP contribution in [0.5, 0.6) is 5.75 Å². The molecule has 90 valence electrons. The molecule has 0 aliphatic rings. The van der Waals surface area contributed by atoms with Crippen molar-refractivity contribution in [3.05, 3.63) is 29.0 Å². The van der Waals surface area contributed by atoms with E-state index in [1.807, 2.05) is 0 Å². The Bertz CT molecular complexity index is 318. The highest BCUT2D eigenvalue weighted by molar-refractivity contribution is 6.30. The Hall–Kier alpha value is -0.800. The molecule has 1 N–H and O–H groups in total. The highest BCUT2D eigenvalue weighted by atomic mass is 35.5. The monoisotopic (exact) mass is 246 g/mol. The van der Waals surface area contributed by atoms with Crippen LogP contribution in [-0.4, -0.2) is 18.3 Å². The van der Waals surface area contributed by atoms with Crippen molar-refractivity contribution in [2.24, 2.45) is 0 Å². The van der Waals surface area contributed by atoms with Crippen molar-refractivity contribution < 1.29 is 14.2 Å². The molecule has 0 fully saturated rings. The van der Waals surface area contributed by atoms with Gasteiger partial charge in [0.05, 0.1) is 11.6 Å². The molecule has 0 heterocycles. The van der Waals surface area contributed by atoms with Crippen LogP contribution < -0.4 is 4.74 Å². The summed E-state index contributed by atoms with van der Waals surface area (Å²) in [5, 5.41) is 8.66. The third kappa shape index (κ3) is 4.81. The first kappa shape index (κ1) is 13.3. The lowest BCUT2D eigenvalue weighted by molar-refractivity contribution is 0.273. The fraction of sp³-hybridized carbons (Fsp3) is 0.500. The molecule has 1 rings (SSSR count). The second-order valence-electron chi connectivity index (χ2n) is 3.56. The van der Waals surface area contributed by atoms with Crippen LogP contribution >= 0.6 is 11.6 Å². The van der Waals surface area contributed by atoms with Crippen molar-refractivity contribution in [1.29, 1.82) is 0 Å². The second-order valence-corrected chi connectivity index (χ2v) is 3.97. The van der Waals surface area contributed by atoms with Gasteiger partial charge in [-0.3, -0.25) is 0 Å². The molecule has 0 saturated heterocycles. The Balaban J connectivity index is 2.19. The Morgan fingerprint density at radius 2 is 1.94 bits per heavy atom. The molecule has 1 aromatic rings. The number of hydrogen-bond acceptors (Lipinski definition) is 2. The summed E-state index contributed by atoms with van der Waals surface area (Å²) in [5.41, 5.74) is 0. The molecule has 0 unspecified atom stereocenters. The number of rotatable bonds is 7. The summed E-state index contributed by atoms with van der Waals surface area (Å²) >= 11 is 5.61. The molecule has 0 bridgehead atoms. The Morgan fingerprint density at radius 3 is 2.62 bits per heavy atom. The van der Waals surface area contributed by atoms with Gasteiger partial charge in [-0.1, -0.05) is 18.0 Å². The molecule has 0 aliphatic heterocycles. The van der Waals surface area contributed by atoms with E-state index in [4.69, 9.17) is 21.4 Å². The van der Waals surface area contributed by atoms with Crippen molar-refractivity contribution in [1.82, 2.24) is 0 Å². The second kappa shape index (κ2) is 7.47. The minimum absolute atomic E-state index is 0.0813. The maximum absolute atomic E-state index is 12.8. The molecule has 0 radical (unpaired) electrons. The summed E-state index contributed by atoms with van der Waals surface area (Å²) in [6.07, 6.45) is 3.79. The summed E-state index contributed by atoms with van der Waals surface area (Å²) in [5.74, 6) is 0.158. The fourth-order valence-electron chi connectivity index (χ4n) is 1.32. The van der Waals surface area contributed by atoms with Crippen LogP contribution in [-0.2, 0) is 0 Å². The van der Waals surface area contributed by atoms with Gasteiger partial charge in [0.2, 0.25) is 0 Å². The molecule has 1 aromatic carbocycles. The summed E-state index contributed by atoms with van der Waals surface area (Å²) in [7, 11) is 0. The van der Waals surface area contributed by atoms with Gasteiger partial charge < -0.3 is 9.84 Å². The van der Waals surface area contributed by atoms with E-state index in [1.165, 1.54) is 12.1 Å². The predicted octanol–water partition coefficient (Wildman–Crippen LogP) is 3.41. The SMILES string of the molecule is OCCCCCCOc1ccc(F)c(Cl)c1. The van der Waals surface area contributed by atoms with Gasteiger partial charge in [0, 0.05) is 12.7 Å². The van der Waals surface area contributed by atoms with Crippen LogP contribution in [0.2, 0.25) is 5.02 Å². The summed E-state index contributed by atoms with van der Waals surface area (Å²) in [6, 6.07) is 4.34. The first-order chi connectivity index (χ1) is 7.74. The van der Waals surface area contributed by atoms with Gasteiger partial charge in [-0.25, -0.2) is 4.39 Å². The van der Waals surface area contributed by atoms with E-state index in [0.29, 0.717) is 12.4 Å².